The van der Waals surface area contributed by atoms with E-state index in [9.17, 15) is 13.2 Å². The molecule has 0 radical (unpaired) electrons. The minimum atomic E-state index is -4.39. The van der Waals surface area contributed by atoms with Crippen LogP contribution in [-0.4, -0.2) is 62.7 Å². The van der Waals surface area contributed by atoms with Gasteiger partial charge in [0, 0.05) is 25.7 Å². The van der Waals surface area contributed by atoms with E-state index < -0.39 is 11.7 Å². The number of hydrogen-bond donors (Lipinski definition) is 0. The van der Waals surface area contributed by atoms with Crippen molar-refractivity contribution in [3.05, 3.63) is 35.7 Å². The van der Waals surface area contributed by atoms with Gasteiger partial charge in [0.2, 0.25) is 0 Å². The molecule has 1 saturated heterocycles. The van der Waals surface area contributed by atoms with Crippen molar-refractivity contribution in [1.82, 2.24) is 30.0 Å². The van der Waals surface area contributed by atoms with Crippen LogP contribution in [-0.2, 0) is 12.7 Å². The Labute approximate surface area is 150 Å². The monoisotopic (exact) mass is 376 g/mol. The zero-order chi connectivity index (χ0) is 17.3. The third kappa shape index (κ3) is 4.47. The van der Waals surface area contributed by atoms with Crippen LogP contribution in [0.3, 0.4) is 0 Å². The molecule has 1 aromatic carbocycles. The second-order valence-corrected chi connectivity index (χ2v) is 6.14. The molecule has 0 N–H and O–H groups in total. The van der Waals surface area contributed by atoms with Gasteiger partial charge in [-0.3, -0.25) is 4.90 Å². The summed E-state index contributed by atoms with van der Waals surface area (Å²) in [7, 11) is 2.07. The molecule has 1 atom stereocenters. The average Bonchev–Trinajstić information content (AvgIpc) is 2.97. The van der Waals surface area contributed by atoms with E-state index in [0.29, 0.717) is 24.1 Å². The van der Waals surface area contributed by atoms with E-state index in [1.807, 2.05) is 0 Å². The third-order valence-corrected chi connectivity index (χ3v) is 4.26. The summed E-state index contributed by atoms with van der Waals surface area (Å²) in [6.07, 6.45) is -4.39. The van der Waals surface area contributed by atoms with E-state index in [1.165, 1.54) is 10.7 Å². The molecule has 1 aromatic heterocycles. The Morgan fingerprint density at radius 1 is 1.24 bits per heavy atom. The molecule has 0 spiro atoms. The summed E-state index contributed by atoms with van der Waals surface area (Å²) in [6, 6.07) is 5.36. The number of likely N-dealkylation sites (N-methyl/N-ethyl adjacent to an activating group) is 1. The Morgan fingerprint density at radius 3 is 2.68 bits per heavy atom. The highest BCUT2D eigenvalue weighted by molar-refractivity contribution is 5.85. The number of benzene rings is 1. The molecule has 10 heteroatoms. The van der Waals surface area contributed by atoms with Crippen LogP contribution in [0, 0.1) is 0 Å². The first-order valence-corrected chi connectivity index (χ1v) is 7.72. The number of aromatic nitrogens is 4. The molecular weight excluding hydrogens is 357 g/mol. The maximum atomic E-state index is 12.9. The SMILES string of the molecule is C[C@@H]1CN(C)CCN1Cc1nnnn1-c1cccc(C(F)(F)F)c1.Cl. The summed E-state index contributed by atoms with van der Waals surface area (Å²) in [4.78, 5) is 4.48. The first-order chi connectivity index (χ1) is 11.3. The van der Waals surface area contributed by atoms with E-state index in [4.69, 9.17) is 0 Å². The van der Waals surface area contributed by atoms with Crippen LogP contribution >= 0.6 is 12.4 Å². The molecule has 0 bridgehead atoms. The summed E-state index contributed by atoms with van der Waals surface area (Å²) < 4.78 is 40.1. The average molecular weight is 377 g/mol. The Hall–Kier alpha value is -1.71. The molecule has 0 aliphatic carbocycles. The summed E-state index contributed by atoms with van der Waals surface area (Å²) >= 11 is 0. The molecule has 3 rings (SSSR count). The van der Waals surface area contributed by atoms with E-state index in [0.717, 1.165) is 31.8 Å². The van der Waals surface area contributed by atoms with Crippen molar-refractivity contribution in [2.24, 2.45) is 0 Å². The normalized spacial score (nSPS) is 19.6. The predicted molar refractivity (Wildman–Crippen MR) is 88.8 cm³/mol. The standard InChI is InChI=1S/C15H19F3N6.ClH/c1-11-9-22(2)6-7-23(11)10-14-19-20-21-24(14)13-5-3-4-12(8-13)15(16,17)18;/h3-5,8,11H,6-7,9-10H2,1-2H3;1H/t11-;/m1./s1. The maximum Gasteiger partial charge on any atom is 0.416 e. The molecule has 6 nitrogen and oxygen atoms in total. The Bertz CT molecular complexity index is 705. The number of rotatable bonds is 3. The summed E-state index contributed by atoms with van der Waals surface area (Å²) in [5.74, 6) is 0.533. The van der Waals surface area contributed by atoms with Crippen LogP contribution < -0.4 is 0 Å². The first kappa shape index (κ1) is 19.6. The lowest BCUT2D eigenvalue weighted by Gasteiger charge is -2.37. The van der Waals surface area contributed by atoms with Crippen molar-refractivity contribution < 1.29 is 13.2 Å². The molecule has 0 unspecified atom stereocenters. The van der Waals surface area contributed by atoms with Gasteiger partial charge in [0.25, 0.3) is 0 Å². The summed E-state index contributed by atoms with van der Waals surface area (Å²) in [5, 5.41) is 11.5. The van der Waals surface area contributed by atoms with Gasteiger partial charge in [0.1, 0.15) is 0 Å². The number of piperazine rings is 1. The number of halogens is 4. The highest BCUT2D eigenvalue weighted by Gasteiger charge is 2.31. The first-order valence-electron chi connectivity index (χ1n) is 7.72. The van der Waals surface area contributed by atoms with E-state index in [1.54, 1.807) is 6.07 Å². The fourth-order valence-corrected chi connectivity index (χ4v) is 2.91. The van der Waals surface area contributed by atoms with Gasteiger partial charge >= 0.3 is 6.18 Å². The minimum Gasteiger partial charge on any atom is -0.304 e. The molecule has 1 aliphatic heterocycles. The lowest BCUT2D eigenvalue weighted by molar-refractivity contribution is -0.137. The number of alkyl halides is 3. The van der Waals surface area contributed by atoms with E-state index in [-0.39, 0.29) is 12.4 Å². The van der Waals surface area contributed by atoms with Crippen LogP contribution in [0.1, 0.15) is 18.3 Å². The highest BCUT2D eigenvalue weighted by Crippen LogP contribution is 2.30. The van der Waals surface area contributed by atoms with Crippen molar-refractivity contribution in [1.29, 1.82) is 0 Å². The Morgan fingerprint density at radius 2 is 2.00 bits per heavy atom. The summed E-state index contributed by atoms with van der Waals surface area (Å²) in [5.41, 5.74) is -0.402. The quantitative estimate of drug-likeness (QED) is 0.822. The molecular formula is C15H20ClF3N6. The molecule has 2 aromatic rings. The van der Waals surface area contributed by atoms with Gasteiger partial charge in [-0.15, -0.1) is 17.5 Å². The second kappa shape index (κ2) is 7.67. The van der Waals surface area contributed by atoms with Gasteiger partial charge in [-0.1, -0.05) is 6.07 Å². The molecule has 0 amide bonds. The molecule has 138 valence electrons. The van der Waals surface area contributed by atoms with Gasteiger partial charge in [-0.2, -0.15) is 17.9 Å². The smallest absolute Gasteiger partial charge is 0.304 e. The number of nitrogens with zero attached hydrogens (tertiary/aromatic N) is 6. The molecule has 0 saturated carbocycles. The lowest BCUT2D eigenvalue weighted by Crippen LogP contribution is -2.50. The summed E-state index contributed by atoms with van der Waals surface area (Å²) in [6.45, 7) is 5.36. The molecule has 25 heavy (non-hydrogen) atoms. The van der Waals surface area contributed by atoms with Crippen molar-refractivity contribution in [3.63, 3.8) is 0 Å². The van der Waals surface area contributed by atoms with Gasteiger partial charge in [-0.05, 0) is 42.6 Å². The molecule has 1 aliphatic rings. The Kier molecular flexibility index (Phi) is 6.02. The van der Waals surface area contributed by atoms with Gasteiger partial charge in [0.15, 0.2) is 5.82 Å². The third-order valence-electron chi connectivity index (χ3n) is 4.26. The fraction of sp³-hybridized carbons (Fsp3) is 0.533. The zero-order valence-corrected chi connectivity index (χ0v) is 14.8. The van der Waals surface area contributed by atoms with Crippen molar-refractivity contribution >= 4 is 12.4 Å². The van der Waals surface area contributed by atoms with Gasteiger partial charge in [0.05, 0.1) is 17.8 Å². The maximum absolute atomic E-state index is 12.9. The van der Waals surface area contributed by atoms with E-state index in [2.05, 4.69) is 39.3 Å². The number of hydrogen-bond acceptors (Lipinski definition) is 5. The molecule has 2 heterocycles. The topological polar surface area (TPSA) is 50.1 Å². The van der Waals surface area contributed by atoms with Crippen LogP contribution in [0.25, 0.3) is 5.69 Å². The van der Waals surface area contributed by atoms with Crippen molar-refractivity contribution in [3.8, 4) is 5.69 Å². The van der Waals surface area contributed by atoms with Crippen molar-refractivity contribution in [2.45, 2.75) is 25.7 Å². The van der Waals surface area contributed by atoms with Gasteiger partial charge in [-0.25, -0.2) is 0 Å². The zero-order valence-electron chi connectivity index (χ0n) is 13.9. The van der Waals surface area contributed by atoms with Crippen LogP contribution in [0.15, 0.2) is 24.3 Å². The largest absolute Gasteiger partial charge is 0.416 e. The Balaban J connectivity index is 0.00000225. The minimum absolute atomic E-state index is 0. The fourth-order valence-electron chi connectivity index (χ4n) is 2.91. The van der Waals surface area contributed by atoms with E-state index >= 15 is 0 Å². The predicted octanol–water partition coefficient (Wildman–Crippen LogP) is 2.24. The van der Waals surface area contributed by atoms with Crippen LogP contribution in [0.4, 0.5) is 13.2 Å². The second-order valence-electron chi connectivity index (χ2n) is 6.14. The number of tetrazole rings is 1. The molecule has 1 fully saturated rings. The van der Waals surface area contributed by atoms with Gasteiger partial charge < -0.3 is 4.90 Å². The van der Waals surface area contributed by atoms with Crippen molar-refractivity contribution in [2.75, 3.05) is 26.7 Å². The lowest BCUT2D eigenvalue weighted by atomic mass is 10.2. The van der Waals surface area contributed by atoms with Crippen LogP contribution in [0.5, 0.6) is 0 Å². The van der Waals surface area contributed by atoms with Crippen LogP contribution in [0.2, 0.25) is 0 Å². The highest BCUT2D eigenvalue weighted by atomic mass is 35.5.